The highest BCUT2D eigenvalue weighted by Gasteiger charge is 2.58. The smallest absolute Gasteiger partial charge is 0.258 e. The number of unbranched alkanes of at least 4 members (excludes halogenated alkanes) is 2. The van der Waals surface area contributed by atoms with Gasteiger partial charge in [0.25, 0.3) is 5.56 Å². The summed E-state index contributed by atoms with van der Waals surface area (Å²) in [4.78, 5) is 37.7. The van der Waals surface area contributed by atoms with Gasteiger partial charge in [-0.3, -0.25) is 9.59 Å². The molecule has 11 rings (SSSR count). The van der Waals surface area contributed by atoms with Crippen molar-refractivity contribution < 1.29 is 15.0 Å². The van der Waals surface area contributed by atoms with Crippen LogP contribution < -0.4 is 10.9 Å². The number of aromatic nitrogens is 3. The number of rotatable bonds is 7. The van der Waals surface area contributed by atoms with Crippen LogP contribution in [0.2, 0.25) is 0 Å². The Hall–Kier alpha value is -3.27. The lowest BCUT2D eigenvalue weighted by atomic mass is 9.90. The van der Waals surface area contributed by atoms with Gasteiger partial charge in [-0.2, -0.15) is 0 Å². The predicted octanol–water partition coefficient (Wildman–Crippen LogP) is 5.82. The van der Waals surface area contributed by atoms with E-state index < -0.39 is 5.79 Å². The number of H-pyrrole nitrogens is 1. The van der Waals surface area contributed by atoms with Crippen molar-refractivity contribution in [1.29, 1.82) is 0 Å². The van der Waals surface area contributed by atoms with Crippen molar-refractivity contribution in [1.82, 2.24) is 24.8 Å². The summed E-state index contributed by atoms with van der Waals surface area (Å²) in [5.41, 5.74) is 1.95. The molecule has 0 unspecified atom stereocenters. The standard InChI is InChI=1S/C37H51N5O4/c1-2-37(45,46)16-9-7-8-12-31-33-38-26-32(39-33)28-13-14-29-27(24-28)15-21-42(35(29)44)20-11-6-4-3-5-10-19-41-22-17-36(18-23-41)25-30(36)34(43)40-31/h4,6,13-15,21,24,26,30-31,45-46H,2-3,5,7-12,16-20,22-23,25H2,1H3,(H,38,39)(H,40,43)/b6-4+/t30-,31+/m1/s1. The lowest BCUT2D eigenvalue weighted by molar-refractivity contribution is -0.167. The Morgan fingerprint density at radius 3 is 2.65 bits per heavy atom. The van der Waals surface area contributed by atoms with E-state index in [1.807, 2.05) is 36.7 Å². The zero-order valence-corrected chi connectivity index (χ0v) is 27.3. The molecule has 1 amide bonds. The Bertz CT molecular complexity index is 1580. The van der Waals surface area contributed by atoms with Gasteiger partial charge in [0.2, 0.25) is 5.91 Å². The quantitative estimate of drug-likeness (QED) is 0.148. The molecular formula is C37H51N5O4. The van der Waals surface area contributed by atoms with Crippen molar-refractivity contribution in [2.24, 2.45) is 11.3 Å². The highest BCUT2D eigenvalue weighted by Crippen LogP contribution is 2.59. The molecule has 9 nitrogen and oxygen atoms in total. The highest BCUT2D eigenvalue weighted by atomic mass is 16.5. The number of piperidine rings is 1. The Kier molecular flexibility index (Phi) is 10.1. The minimum atomic E-state index is -1.61. The number of hydrogen-bond acceptors (Lipinski definition) is 6. The van der Waals surface area contributed by atoms with Gasteiger partial charge < -0.3 is 30.0 Å². The normalized spacial score (nSPS) is 26.5. The maximum absolute atomic E-state index is 13.7. The molecule has 2 aromatic heterocycles. The number of pyridine rings is 1. The molecule has 3 aromatic rings. The summed E-state index contributed by atoms with van der Waals surface area (Å²) >= 11 is 0. The number of aromatic amines is 1. The number of hydrogen-bond donors (Lipinski definition) is 4. The van der Waals surface area contributed by atoms with Gasteiger partial charge in [0.1, 0.15) is 5.82 Å². The van der Waals surface area contributed by atoms with Crippen LogP contribution in [-0.2, 0) is 11.3 Å². The number of nitrogens with zero attached hydrogens (tertiary/aromatic N) is 3. The minimum Gasteiger partial charge on any atom is -0.366 e. The van der Waals surface area contributed by atoms with Crippen LogP contribution in [0.4, 0.5) is 0 Å². The van der Waals surface area contributed by atoms with Crippen LogP contribution in [-0.4, -0.2) is 61.0 Å². The topological polar surface area (TPSA) is 123 Å². The Balaban J connectivity index is 1.22. The van der Waals surface area contributed by atoms with Crippen LogP contribution in [0.5, 0.6) is 0 Å². The molecule has 4 N–H and O–H groups in total. The van der Waals surface area contributed by atoms with E-state index in [1.54, 1.807) is 11.5 Å². The number of benzene rings is 1. The van der Waals surface area contributed by atoms with Gasteiger partial charge in [0, 0.05) is 36.0 Å². The van der Waals surface area contributed by atoms with Crippen molar-refractivity contribution in [3.8, 4) is 11.3 Å². The minimum absolute atomic E-state index is 0.0244. The Labute approximate surface area is 272 Å². The summed E-state index contributed by atoms with van der Waals surface area (Å²) < 4.78 is 1.80. The molecule has 1 saturated heterocycles. The van der Waals surface area contributed by atoms with Crippen molar-refractivity contribution in [3.63, 3.8) is 0 Å². The van der Waals surface area contributed by atoms with E-state index in [9.17, 15) is 19.8 Å². The van der Waals surface area contributed by atoms with E-state index >= 15 is 0 Å². The third-order valence-corrected chi connectivity index (χ3v) is 10.8. The molecule has 7 aliphatic heterocycles. The SMILES string of the molecule is CCC(O)(O)CCCCC[C@@H]1NC(=O)[C@H]2CC23CCN(CCCC/C=C/CCn2ccc4cc(ccc4c2=O)-c2cnc1[nH]2)CC3. The van der Waals surface area contributed by atoms with Gasteiger partial charge in [-0.05, 0) is 113 Å². The molecule has 248 valence electrons. The molecule has 1 spiro atoms. The summed E-state index contributed by atoms with van der Waals surface area (Å²) in [6, 6.07) is 7.64. The third-order valence-electron chi connectivity index (χ3n) is 10.8. The Morgan fingerprint density at radius 1 is 1.00 bits per heavy atom. The zero-order valence-electron chi connectivity index (χ0n) is 27.3. The van der Waals surface area contributed by atoms with Crippen LogP contribution in [0.25, 0.3) is 22.0 Å². The molecule has 1 aliphatic carbocycles. The number of allylic oxidation sites excluding steroid dienone is 2. The lowest BCUT2D eigenvalue weighted by Gasteiger charge is -2.33. The predicted molar refractivity (Wildman–Crippen MR) is 181 cm³/mol. The monoisotopic (exact) mass is 629 g/mol. The first-order valence-corrected chi connectivity index (χ1v) is 17.6. The molecule has 1 saturated carbocycles. The number of aryl methyl sites for hydroxylation is 1. The van der Waals surface area contributed by atoms with E-state index in [2.05, 4.69) is 27.4 Å². The Morgan fingerprint density at radius 2 is 1.83 bits per heavy atom. The van der Waals surface area contributed by atoms with Crippen molar-refractivity contribution in [2.75, 3.05) is 19.6 Å². The van der Waals surface area contributed by atoms with Crippen LogP contribution in [0.3, 0.4) is 0 Å². The summed E-state index contributed by atoms with van der Waals surface area (Å²) in [5, 5.41) is 24.9. The largest absolute Gasteiger partial charge is 0.366 e. The summed E-state index contributed by atoms with van der Waals surface area (Å²) in [7, 11) is 0. The van der Waals surface area contributed by atoms with Gasteiger partial charge in [-0.1, -0.05) is 38.0 Å². The molecule has 9 heteroatoms. The molecule has 9 heterocycles. The zero-order chi connectivity index (χ0) is 32.1. The number of carbonyl (C=O) groups excluding carboxylic acids is 1. The maximum Gasteiger partial charge on any atom is 0.258 e. The fourth-order valence-electron chi connectivity index (χ4n) is 7.49. The molecule has 2 atom stereocenters. The van der Waals surface area contributed by atoms with Crippen LogP contribution in [0.1, 0.15) is 102 Å². The first-order chi connectivity index (χ1) is 22.3. The van der Waals surface area contributed by atoms with Gasteiger partial charge >= 0.3 is 0 Å². The van der Waals surface area contributed by atoms with Crippen molar-refractivity contribution >= 4 is 16.7 Å². The molecule has 46 heavy (non-hydrogen) atoms. The van der Waals surface area contributed by atoms with Gasteiger partial charge in [0.05, 0.1) is 17.9 Å². The van der Waals surface area contributed by atoms with Crippen LogP contribution in [0.15, 0.2) is 53.6 Å². The molecule has 8 aliphatic rings. The van der Waals surface area contributed by atoms with E-state index in [4.69, 9.17) is 4.98 Å². The average Bonchev–Trinajstić information content (AvgIpc) is 3.52. The fraction of sp³-hybridized carbons (Fsp3) is 0.595. The van der Waals surface area contributed by atoms with Crippen LogP contribution >= 0.6 is 0 Å². The fourth-order valence-corrected chi connectivity index (χ4v) is 7.49. The lowest BCUT2D eigenvalue weighted by Crippen LogP contribution is -2.38. The van der Waals surface area contributed by atoms with Gasteiger partial charge in [-0.25, -0.2) is 4.98 Å². The van der Waals surface area contributed by atoms with Crippen molar-refractivity contribution in [2.45, 2.75) is 109 Å². The first kappa shape index (κ1) is 32.7. The molecular weight excluding hydrogens is 578 g/mol. The maximum atomic E-state index is 13.7. The van der Waals surface area contributed by atoms with Gasteiger partial charge in [-0.15, -0.1) is 0 Å². The number of carbonyl (C=O) groups is 1. The highest BCUT2D eigenvalue weighted by molar-refractivity contribution is 5.86. The average molecular weight is 630 g/mol. The number of imidazole rings is 1. The second-order valence-corrected chi connectivity index (χ2v) is 14.0. The second-order valence-electron chi connectivity index (χ2n) is 14.0. The molecule has 0 radical (unpaired) electrons. The van der Waals surface area contributed by atoms with E-state index in [1.165, 1.54) is 6.42 Å². The number of aliphatic hydroxyl groups is 2. The van der Waals surface area contributed by atoms with Gasteiger partial charge in [0.15, 0.2) is 5.79 Å². The third kappa shape index (κ3) is 7.64. The van der Waals surface area contributed by atoms with E-state index in [0.717, 1.165) is 93.5 Å². The summed E-state index contributed by atoms with van der Waals surface area (Å²) in [6.07, 6.45) is 19.3. The first-order valence-electron chi connectivity index (χ1n) is 17.6. The molecule has 1 aromatic carbocycles. The summed E-state index contributed by atoms with van der Waals surface area (Å²) in [5.74, 6) is -0.691. The van der Waals surface area contributed by atoms with E-state index in [-0.39, 0.29) is 28.8 Å². The summed E-state index contributed by atoms with van der Waals surface area (Å²) in [6.45, 7) is 5.69. The number of amides is 1. The van der Waals surface area contributed by atoms with Crippen molar-refractivity contribution in [3.05, 3.63) is 65.0 Å². The molecule has 8 bridgehead atoms. The second kappa shape index (κ2) is 14.2. The molecule has 2 fully saturated rings. The van der Waals surface area contributed by atoms with Crippen LogP contribution in [0, 0.1) is 11.3 Å². The number of nitrogens with one attached hydrogen (secondary N) is 2. The van der Waals surface area contributed by atoms with E-state index in [0.29, 0.717) is 37.6 Å².